The summed E-state index contributed by atoms with van der Waals surface area (Å²) in [5.41, 5.74) is 11.0. The lowest BCUT2D eigenvalue weighted by molar-refractivity contribution is 0.310. The number of methoxy groups -OCH3 is 1. The lowest BCUT2D eigenvalue weighted by atomic mass is 9.96. The number of aromatic nitrogens is 2. The second-order valence-corrected chi connectivity index (χ2v) is 10.4. The van der Waals surface area contributed by atoms with E-state index in [9.17, 15) is 0 Å². The highest BCUT2D eigenvalue weighted by Gasteiger charge is 2.41. The molecule has 6 heteroatoms. The van der Waals surface area contributed by atoms with E-state index in [2.05, 4.69) is 85.8 Å². The van der Waals surface area contributed by atoms with Crippen molar-refractivity contribution in [1.82, 2.24) is 19.8 Å². The van der Waals surface area contributed by atoms with Crippen LogP contribution in [0.25, 0.3) is 5.69 Å². The summed E-state index contributed by atoms with van der Waals surface area (Å²) in [6, 6.07) is 21.1. The van der Waals surface area contributed by atoms with E-state index >= 15 is 0 Å². The van der Waals surface area contributed by atoms with Crippen molar-refractivity contribution in [3.05, 3.63) is 112 Å². The highest BCUT2D eigenvalue weighted by molar-refractivity contribution is 7.80. The Balaban J connectivity index is 1.63. The molecule has 37 heavy (non-hydrogen) atoms. The van der Waals surface area contributed by atoms with E-state index in [1.807, 2.05) is 30.5 Å². The molecule has 1 aliphatic heterocycles. The molecule has 0 bridgehead atoms. The van der Waals surface area contributed by atoms with Crippen LogP contribution in [0.1, 0.15) is 57.0 Å². The van der Waals surface area contributed by atoms with Gasteiger partial charge < -0.3 is 19.5 Å². The first-order valence-electron chi connectivity index (χ1n) is 12.7. The fourth-order valence-corrected chi connectivity index (χ4v) is 6.10. The Hall–Kier alpha value is -3.64. The van der Waals surface area contributed by atoms with E-state index < -0.39 is 0 Å². The van der Waals surface area contributed by atoms with Crippen LogP contribution in [0.15, 0.2) is 66.9 Å². The SMILES string of the molecule is COc1ccc(CN2C(=S)N[C@@H](c3ccccn3)[C@H]2c2cc(C)n(-c3c(C)cc(C)cc3C)c2C)cc1. The molecule has 1 N–H and O–H groups in total. The number of hydrogen-bond acceptors (Lipinski definition) is 3. The molecule has 4 aromatic rings. The molecule has 0 amide bonds. The zero-order valence-corrected chi connectivity index (χ0v) is 23.2. The van der Waals surface area contributed by atoms with Crippen LogP contribution in [-0.2, 0) is 6.54 Å². The molecule has 2 aromatic heterocycles. The zero-order valence-electron chi connectivity index (χ0n) is 22.4. The molecular formula is C31H34N4OS. The first-order valence-corrected chi connectivity index (χ1v) is 13.1. The molecule has 1 aliphatic rings. The highest BCUT2D eigenvalue weighted by Crippen LogP contribution is 2.42. The van der Waals surface area contributed by atoms with Crippen LogP contribution in [0.2, 0.25) is 0 Å². The molecular weight excluding hydrogens is 476 g/mol. The van der Waals surface area contributed by atoms with Crippen molar-refractivity contribution >= 4 is 17.3 Å². The monoisotopic (exact) mass is 510 g/mol. The van der Waals surface area contributed by atoms with Crippen molar-refractivity contribution in [3.63, 3.8) is 0 Å². The average molecular weight is 511 g/mol. The van der Waals surface area contributed by atoms with Crippen molar-refractivity contribution in [2.45, 2.75) is 53.2 Å². The molecule has 0 saturated carbocycles. The molecule has 3 heterocycles. The fraction of sp³-hybridized carbons (Fsp3) is 0.290. The lowest BCUT2D eigenvalue weighted by Crippen LogP contribution is -2.29. The summed E-state index contributed by atoms with van der Waals surface area (Å²) in [5.74, 6) is 0.848. The minimum Gasteiger partial charge on any atom is -0.497 e. The van der Waals surface area contributed by atoms with Crippen LogP contribution in [-0.4, -0.2) is 26.7 Å². The summed E-state index contributed by atoms with van der Waals surface area (Å²) in [6.45, 7) is 11.7. The van der Waals surface area contributed by atoms with Crippen LogP contribution in [0.5, 0.6) is 5.75 Å². The van der Waals surface area contributed by atoms with E-state index in [1.165, 1.54) is 44.9 Å². The van der Waals surface area contributed by atoms with Crippen molar-refractivity contribution in [1.29, 1.82) is 0 Å². The number of hydrogen-bond donors (Lipinski definition) is 1. The lowest BCUT2D eigenvalue weighted by Gasteiger charge is -2.28. The second kappa shape index (κ2) is 10.0. The number of thiocarbonyl (C=S) groups is 1. The Labute approximate surface area is 225 Å². The van der Waals surface area contributed by atoms with Gasteiger partial charge in [0.1, 0.15) is 5.75 Å². The van der Waals surface area contributed by atoms with E-state index in [1.54, 1.807) is 7.11 Å². The molecule has 0 spiro atoms. The smallest absolute Gasteiger partial charge is 0.170 e. The predicted octanol–water partition coefficient (Wildman–Crippen LogP) is 6.60. The summed E-state index contributed by atoms with van der Waals surface area (Å²) in [7, 11) is 1.69. The number of ether oxygens (including phenoxy) is 1. The molecule has 190 valence electrons. The molecule has 0 unspecified atom stereocenters. The minimum atomic E-state index is -0.0545. The summed E-state index contributed by atoms with van der Waals surface area (Å²) >= 11 is 5.93. The maximum Gasteiger partial charge on any atom is 0.170 e. The van der Waals surface area contributed by atoms with Gasteiger partial charge in [-0.1, -0.05) is 35.9 Å². The van der Waals surface area contributed by atoms with Gasteiger partial charge in [0.15, 0.2) is 5.11 Å². The Morgan fingerprint density at radius 2 is 1.65 bits per heavy atom. The van der Waals surface area contributed by atoms with Crippen molar-refractivity contribution in [2.24, 2.45) is 0 Å². The third-order valence-corrected chi connectivity index (χ3v) is 7.71. The third-order valence-electron chi connectivity index (χ3n) is 7.36. The Morgan fingerprint density at radius 1 is 0.946 bits per heavy atom. The number of rotatable bonds is 6. The highest BCUT2D eigenvalue weighted by atomic mass is 32.1. The van der Waals surface area contributed by atoms with Crippen LogP contribution in [0.4, 0.5) is 0 Å². The molecule has 2 atom stereocenters. The van der Waals surface area contributed by atoms with Crippen molar-refractivity contribution < 1.29 is 4.74 Å². The van der Waals surface area contributed by atoms with Gasteiger partial charge in [-0.05, 0) is 99.4 Å². The molecule has 1 saturated heterocycles. The van der Waals surface area contributed by atoms with Gasteiger partial charge in [0.25, 0.3) is 0 Å². The fourth-order valence-electron chi connectivity index (χ4n) is 5.80. The maximum absolute atomic E-state index is 5.93. The van der Waals surface area contributed by atoms with Gasteiger partial charge in [-0.2, -0.15) is 0 Å². The first-order chi connectivity index (χ1) is 17.8. The van der Waals surface area contributed by atoms with Gasteiger partial charge in [-0.25, -0.2) is 0 Å². The molecule has 0 aliphatic carbocycles. The number of benzene rings is 2. The Kier molecular flexibility index (Phi) is 6.78. The van der Waals surface area contributed by atoms with Gasteiger partial charge >= 0.3 is 0 Å². The van der Waals surface area contributed by atoms with Gasteiger partial charge in [0, 0.05) is 24.1 Å². The zero-order chi connectivity index (χ0) is 26.3. The summed E-state index contributed by atoms with van der Waals surface area (Å²) in [6.07, 6.45) is 1.85. The van der Waals surface area contributed by atoms with Gasteiger partial charge in [0.05, 0.1) is 30.6 Å². The second-order valence-electron chi connectivity index (χ2n) is 10.0. The Bertz CT molecular complexity index is 1420. The quantitative estimate of drug-likeness (QED) is 0.296. The van der Waals surface area contributed by atoms with Crippen LogP contribution < -0.4 is 10.1 Å². The summed E-state index contributed by atoms with van der Waals surface area (Å²) in [5, 5.41) is 4.34. The molecule has 1 fully saturated rings. The molecule has 0 radical (unpaired) electrons. The van der Waals surface area contributed by atoms with E-state index in [0.717, 1.165) is 16.6 Å². The number of pyridine rings is 1. The predicted molar refractivity (Wildman–Crippen MR) is 153 cm³/mol. The molecule has 2 aromatic carbocycles. The summed E-state index contributed by atoms with van der Waals surface area (Å²) < 4.78 is 7.77. The van der Waals surface area contributed by atoms with Crippen LogP contribution in [0.3, 0.4) is 0 Å². The normalized spacial score (nSPS) is 17.2. The van der Waals surface area contributed by atoms with Crippen LogP contribution >= 0.6 is 12.2 Å². The van der Waals surface area contributed by atoms with Crippen molar-refractivity contribution in [2.75, 3.05) is 7.11 Å². The minimum absolute atomic E-state index is 0.00416. The molecule has 5 nitrogen and oxygen atoms in total. The first kappa shape index (κ1) is 25.0. The van der Waals surface area contributed by atoms with Gasteiger partial charge in [0.2, 0.25) is 0 Å². The topological polar surface area (TPSA) is 42.3 Å². The van der Waals surface area contributed by atoms with Gasteiger partial charge in [-0.3, -0.25) is 4.98 Å². The summed E-state index contributed by atoms with van der Waals surface area (Å²) in [4.78, 5) is 7.02. The maximum atomic E-state index is 5.93. The number of aryl methyl sites for hydroxylation is 4. The van der Waals surface area contributed by atoms with E-state index in [-0.39, 0.29) is 12.1 Å². The third kappa shape index (κ3) is 4.62. The van der Waals surface area contributed by atoms with E-state index in [4.69, 9.17) is 21.9 Å². The van der Waals surface area contributed by atoms with Gasteiger partial charge in [-0.15, -0.1) is 0 Å². The Morgan fingerprint density at radius 3 is 2.27 bits per heavy atom. The standard InChI is InChI=1S/C31H34N4OS/c1-19-15-20(2)29(21(3)16-19)35-22(4)17-26(23(35)5)30-28(27-9-7-8-14-32-27)33-31(37)34(30)18-24-10-12-25(36-6)13-11-24/h7-17,28,30H,18H2,1-6H3,(H,33,37)/t28-,30+/m0/s1. The van der Waals surface area contributed by atoms with Crippen molar-refractivity contribution in [3.8, 4) is 11.4 Å². The number of nitrogens with one attached hydrogen (secondary N) is 1. The van der Waals surface area contributed by atoms with E-state index in [0.29, 0.717) is 6.54 Å². The van der Waals surface area contributed by atoms with Crippen LogP contribution in [0, 0.1) is 34.6 Å². The molecule has 5 rings (SSSR count). The average Bonchev–Trinajstić information content (AvgIpc) is 3.35. The largest absolute Gasteiger partial charge is 0.497 e. The number of nitrogens with zero attached hydrogens (tertiary/aromatic N) is 3.